The van der Waals surface area contributed by atoms with Crippen molar-refractivity contribution in [3.05, 3.63) is 242 Å². The van der Waals surface area contributed by atoms with Gasteiger partial charge in [0.25, 0.3) is 0 Å². The first-order chi connectivity index (χ1) is 31.4. The third kappa shape index (κ3) is 6.94. The molecule has 1 aromatic heterocycles. The monoisotopic (exact) mass is 820 g/mol. The van der Waals surface area contributed by atoms with Crippen molar-refractivity contribution in [3.63, 3.8) is 0 Å². The summed E-state index contributed by atoms with van der Waals surface area (Å²) in [7, 11) is 0. The predicted molar refractivity (Wildman–Crippen MR) is 273 cm³/mol. The summed E-state index contributed by atoms with van der Waals surface area (Å²) in [4.78, 5) is 2.48. The second-order valence-corrected chi connectivity index (χ2v) is 17.7. The Morgan fingerprint density at radius 1 is 0.359 bits per heavy atom. The first kappa shape index (κ1) is 38.9. The first-order valence-corrected chi connectivity index (χ1v) is 22.3. The quantitative estimate of drug-likeness (QED) is 0.148. The van der Waals surface area contributed by atoms with Crippen LogP contribution in [0.3, 0.4) is 0 Å². The Morgan fingerprint density at radius 3 is 1.64 bits per heavy atom. The lowest BCUT2D eigenvalue weighted by Crippen LogP contribution is -2.15. The lowest BCUT2D eigenvalue weighted by Gasteiger charge is -2.31. The highest BCUT2D eigenvalue weighted by molar-refractivity contribution is 6.11. The average Bonchev–Trinajstić information content (AvgIpc) is 3.68. The molecular weight excluding hydrogens is 773 g/mol. The lowest BCUT2D eigenvalue weighted by atomic mass is 9.84. The van der Waals surface area contributed by atoms with Crippen LogP contribution in [0.25, 0.3) is 82.8 Å². The van der Waals surface area contributed by atoms with Crippen LogP contribution in [0.4, 0.5) is 17.1 Å². The second kappa shape index (κ2) is 16.1. The highest BCUT2D eigenvalue weighted by atomic mass is 15.1. The fourth-order valence-electron chi connectivity index (χ4n) is 9.58. The lowest BCUT2D eigenvalue weighted by molar-refractivity contribution is 0.590. The van der Waals surface area contributed by atoms with E-state index in [1.165, 1.54) is 77.1 Å². The Balaban J connectivity index is 1.12. The SMILES string of the molecule is CC(C)(C)c1ccc(N(c2ccc(-c3ccc4c5ccccc5n(-c5ccccc5)c4c3)cc2)c2ccccc2-c2cccc3cccc(-c4ccccc4)c23)c(-c2ccccc2)c1. The number of hydrogen-bond donors (Lipinski definition) is 0. The Kier molecular flexibility index (Phi) is 9.78. The highest BCUT2D eigenvalue weighted by Crippen LogP contribution is 2.48. The molecule has 2 heteroatoms. The Hall–Kier alpha value is -7.94. The van der Waals surface area contributed by atoms with Crippen LogP contribution in [0, 0.1) is 0 Å². The van der Waals surface area contributed by atoms with E-state index in [2.05, 4.69) is 267 Å². The van der Waals surface area contributed by atoms with Gasteiger partial charge in [-0.1, -0.05) is 203 Å². The molecule has 0 bridgehead atoms. The average molecular weight is 821 g/mol. The van der Waals surface area contributed by atoms with E-state index in [4.69, 9.17) is 0 Å². The molecule has 0 radical (unpaired) electrons. The maximum atomic E-state index is 2.48. The van der Waals surface area contributed by atoms with Gasteiger partial charge in [0.2, 0.25) is 0 Å². The Labute approximate surface area is 376 Å². The molecule has 0 saturated carbocycles. The molecule has 11 aromatic rings. The number of para-hydroxylation sites is 3. The van der Waals surface area contributed by atoms with Gasteiger partial charge in [-0.25, -0.2) is 0 Å². The molecule has 0 spiro atoms. The van der Waals surface area contributed by atoms with Crippen LogP contribution in [0.1, 0.15) is 26.3 Å². The van der Waals surface area contributed by atoms with Crippen molar-refractivity contribution in [2.75, 3.05) is 4.90 Å². The molecule has 64 heavy (non-hydrogen) atoms. The van der Waals surface area contributed by atoms with Crippen molar-refractivity contribution >= 4 is 49.6 Å². The number of fused-ring (bicyclic) bond motifs is 4. The van der Waals surface area contributed by atoms with Crippen LogP contribution in [0.15, 0.2) is 237 Å². The van der Waals surface area contributed by atoms with Crippen LogP contribution in [0.2, 0.25) is 0 Å². The topological polar surface area (TPSA) is 8.17 Å². The summed E-state index contributed by atoms with van der Waals surface area (Å²) >= 11 is 0. The molecule has 2 nitrogen and oxygen atoms in total. The van der Waals surface area contributed by atoms with Crippen molar-refractivity contribution < 1.29 is 0 Å². The van der Waals surface area contributed by atoms with Crippen molar-refractivity contribution in [2.24, 2.45) is 0 Å². The van der Waals surface area contributed by atoms with Crippen LogP contribution in [-0.2, 0) is 5.41 Å². The number of hydrogen-bond acceptors (Lipinski definition) is 1. The largest absolute Gasteiger partial charge is 0.309 e. The maximum Gasteiger partial charge on any atom is 0.0547 e. The van der Waals surface area contributed by atoms with Gasteiger partial charge < -0.3 is 9.47 Å². The molecule has 0 N–H and O–H groups in total. The molecule has 0 unspecified atom stereocenters. The third-order valence-corrected chi connectivity index (χ3v) is 12.8. The van der Waals surface area contributed by atoms with Gasteiger partial charge in [-0.15, -0.1) is 0 Å². The molecule has 306 valence electrons. The zero-order chi connectivity index (χ0) is 43.2. The number of rotatable bonds is 8. The predicted octanol–water partition coefficient (Wildman–Crippen LogP) is 17.4. The fourth-order valence-corrected chi connectivity index (χ4v) is 9.58. The Bertz CT molecular complexity index is 3440. The molecular formula is C62H48N2. The number of anilines is 3. The van der Waals surface area contributed by atoms with E-state index in [1.54, 1.807) is 0 Å². The van der Waals surface area contributed by atoms with Gasteiger partial charge in [0.05, 0.1) is 22.4 Å². The summed E-state index contributed by atoms with van der Waals surface area (Å²) in [6.07, 6.45) is 0. The van der Waals surface area contributed by atoms with E-state index in [0.717, 1.165) is 28.3 Å². The molecule has 0 fully saturated rings. The normalized spacial score (nSPS) is 11.7. The zero-order valence-electron chi connectivity index (χ0n) is 36.4. The maximum absolute atomic E-state index is 2.48. The van der Waals surface area contributed by atoms with E-state index < -0.39 is 0 Å². The number of aromatic nitrogens is 1. The van der Waals surface area contributed by atoms with Gasteiger partial charge in [-0.05, 0) is 110 Å². The van der Waals surface area contributed by atoms with Gasteiger partial charge in [0.15, 0.2) is 0 Å². The van der Waals surface area contributed by atoms with E-state index in [9.17, 15) is 0 Å². The standard InChI is InChI=1S/C62H48N2/c1-62(2,3)48-36-40-59(56(42-48)45-21-9-5-10-22-45)63(58-32-16-14-28-53(58)55-30-18-24-46-23-17-29-51(61(46)55)44-19-7-4-8-20-44)50-37-33-43(34-38-50)47-35-39-54-52-27-13-15-31-57(52)64(60(54)41-47)49-25-11-6-12-26-49/h4-42H,1-3H3. The van der Waals surface area contributed by atoms with Crippen LogP contribution >= 0.6 is 0 Å². The Morgan fingerprint density at radius 2 is 0.922 bits per heavy atom. The minimum Gasteiger partial charge on any atom is -0.309 e. The first-order valence-electron chi connectivity index (χ1n) is 22.3. The summed E-state index contributed by atoms with van der Waals surface area (Å²) in [6.45, 7) is 6.89. The van der Waals surface area contributed by atoms with Crippen LogP contribution in [0.5, 0.6) is 0 Å². The van der Waals surface area contributed by atoms with E-state index in [0.29, 0.717) is 0 Å². The summed E-state index contributed by atoms with van der Waals surface area (Å²) in [6, 6.07) is 86.5. The molecule has 0 amide bonds. The second-order valence-electron chi connectivity index (χ2n) is 17.7. The van der Waals surface area contributed by atoms with Gasteiger partial charge in [0, 0.05) is 33.3 Å². The smallest absolute Gasteiger partial charge is 0.0547 e. The molecule has 0 aliphatic rings. The molecule has 0 atom stereocenters. The van der Waals surface area contributed by atoms with Gasteiger partial charge in [-0.3, -0.25) is 0 Å². The fraction of sp³-hybridized carbons (Fsp3) is 0.0645. The van der Waals surface area contributed by atoms with E-state index >= 15 is 0 Å². The molecule has 0 aliphatic heterocycles. The number of benzene rings is 10. The van der Waals surface area contributed by atoms with Crippen LogP contribution in [-0.4, -0.2) is 4.57 Å². The van der Waals surface area contributed by atoms with Gasteiger partial charge in [-0.2, -0.15) is 0 Å². The van der Waals surface area contributed by atoms with Crippen molar-refractivity contribution in [1.29, 1.82) is 0 Å². The van der Waals surface area contributed by atoms with Crippen LogP contribution < -0.4 is 4.90 Å². The van der Waals surface area contributed by atoms with Crippen molar-refractivity contribution in [3.8, 4) is 50.2 Å². The summed E-state index contributed by atoms with van der Waals surface area (Å²) < 4.78 is 2.39. The summed E-state index contributed by atoms with van der Waals surface area (Å²) in [5.41, 5.74) is 17.6. The summed E-state index contributed by atoms with van der Waals surface area (Å²) in [5, 5.41) is 4.96. The van der Waals surface area contributed by atoms with E-state index in [1.807, 2.05) is 0 Å². The van der Waals surface area contributed by atoms with Gasteiger partial charge in [0.1, 0.15) is 0 Å². The third-order valence-electron chi connectivity index (χ3n) is 12.8. The van der Waals surface area contributed by atoms with Crippen molar-refractivity contribution in [2.45, 2.75) is 26.2 Å². The molecule has 0 saturated heterocycles. The minimum absolute atomic E-state index is 0.0312. The zero-order valence-corrected chi connectivity index (χ0v) is 36.4. The molecule has 11 rings (SSSR count). The minimum atomic E-state index is -0.0312. The molecule has 1 heterocycles. The van der Waals surface area contributed by atoms with Crippen molar-refractivity contribution in [1.82, 2.24) is 4.57 Å². The van der Waals surface area contributed by atoms with Gasteiger partial charge >= 0.3 is 0 Å². The molecule has 0 aliphatic carbocycles. The summed E-state index contributed by atoms with van der Waals surface area (Å²) in [5.74, 6) is 0. The van der Waals surface area contributed by atoms with E-state index in [-0.39, 0.29) is 5.41 Å². The highest BCUT2D eigenvalue weighted by Gasteiger charge is 2.24. The molecule has 10 aromatic carbocycles. The number of nitrogens with zero attached hydrogens (tertiary/aromatic N) is 2.